The fourth-order valence-corrected chi connectivity index (χ4v) is 3.38. The first-order chi connectivity index (χ1) is 10.2. The smallest absolute Gasteiger partial charge is 0.119 e. The van der Waals surface area contributed by atoms with Crippen LogP contribution >= 0.6 is 11.6 Å². The van der Waals surface area contributed by atoms with Gasteiger partial charge in [0.25, 0.3) is 0 Å². The number of rotatable bonds is 7. The van der Waals surface area contributed by atoms with Crippen molar-refractivity contribution in [2.24, 2.45) is 11.8 Å². The van der Waals surface area contributed by atoms with E-state index in [1.54, 1.807) is 0 Å². The van der Waals surface area contributed by atoms with Crippen LogP contribution < -0.4 is 10.1 Å². The summed E-state index contributed by atoms with van der Waals surface area (Å²) in [6.45, 7) is 6.86. The standard InChI is InChI=1S/C18H28ClNO/c1-14-6-5-7-18(15(14)2)20-12-3-4-13-21-17-10-8-16(19)9-11-17/h8-11,14-15,18,20H,3-7,12-13H2,1-2H3/p+1/t14-,15-,18+/m1/s1. The largest absolute Gasteiger partial charge is 0.494 e. The van der Waals surface area contributed by atoms with Gasteiger partial charge in [-0.25, -0.2) is 0 Å². The lowest BCUT2D eigenvalue weighted by atomic mass is 9.78. The van der Waals surface area contributed by atoms with Crippen LogP contribution in [-0.2, 0) is 0 Å². The number of ether oxygens (including phenoxy) is 1. The van der Waals surface area contributed by atoms with Crippen LogP contribution in [0.4, 0.5) is 0 Å². The maximum Gasteiger partial charge on any atom is 0.119 e. The molecule has 0 spiro atoms. The summed E-state index contributed by atoms with van der Waals surface area (Å²) < 4.78 is 5.72. The quantitative estimate of drug-likeness (QED) is 0.760. The van der Waals surface area contributed by atoms with E-state index in [1.807, 2.05) is 24.3 Å². The van der Waals surface area contributed by atoms with Gasteiger partial charge >= 0.3 is 0 Å². The van der Waals surface area contributed by atoms with Crippen LogP contribution in [0.2, 0.25) is 5.02 Å². The van der Waals surface area contributed by atoms with Gasteiger partial charge in [0.2, 0.25) is 0 Å². The molecule has 2 nitrogen and oxygen atoms in total. The predicted octanol–water partition coefficient (Wildman–Crippen LogP) is 3.89. The molecule has 1 aliphatic carbocycles. The molecule has 1 saturated carbocycles. The summed E-state index contributed by atoms with van der Waals surface area (Å²) in [5.74, 6) is 2.68. The van der Waals surface area contributed by atoms with Gasteiger partial charge < -0.3 is 10.1 Å². The van der Waals surface area contributed by atoms with Crippen LogP contribution in [-0.4, -0.2) is 19.2 Å². The lowest BCUT2D eigenvalue weighted by Crippen LogP contribution is -2.92. The van der Waals surface area contributed by atoms with E-state index in [1.165, 1.54) is 32.2 Å². The van der Waals surface area contributed by atoms with E-state index in [-0.39, 0.29) is 0 Å². The van der Waals surface area contributed by atoms with Gasteiger partial charge in [0.05, 0.1) is 19.2 Å². The van der Waals surface area contributed by atoms with Crippen LogP contribution in [0, 0.1) is 11.8 Å². The van der Waals surface area contributed by atoms with Gasteiger partial charge in [-0.3, -0.25) is 0 Å². The van der Waals surface area contributed by atoms with Crippen LogP contribution in [0.25, 0.3) is 0 Å². The van der Waals surface area contributed by atoms with Gasteiger partial charge in [0.1, 0.15) is 5.75 Å². The third-order valence-electron chi connectivity index (χ3n) is 4.92. The number of benzene rings is 1. The monoisotopic (exact) mass is 310 g/mol. The highest BCUT2D eigenvalue weighted by atomic mass is 35.5. The van der Waals surface area contributed by atoms with Crippen molar-refractivity contribution >= 4 is 11.6 Å². The van der Waals surface area contributed by atoms with Crippen LogP contribution in [0.3, 0.4) is 0 Å². The highest BCUT2D eigenvalue weighted by molar-refractivity contribution is 6.30. The average molecular weight is 311 g/mol. The first-order valence-electron chi connectivity index (χ1n) is 8.38. The Morgan fingerprint density at radius 3 is 2.67 bits per heavy atom. The van der Waals surface area contributed by atoms with Gasteiger partial charge in [-0.1, -0.05) is 25.4 Å². The van der Waals surface area contributed by atoms with Crippen LogP contribution in [0.15, 0.2) is 24.3 Å². The molecule has 3 heteroatoms. The maximum absolute atomic E-state index is 5.85. The topological polar surface area (TPSA) is 25.8 Å². The van der Waals surface area contributed by atoms with E-state index in [0.29, 0.717) is 0 Å². The molecule has 1 aromatic carbocycles. The summed E-state index contributed by atoms with van der Waals surface area (Å²) in [5, 5.41) is 3.33. The molecule has 0 radical (unpaired) electrons. The summed E-state index contributed by atoms with van der Waals surface area (Å²) in [7, 11) is 0. The van der Waals surface area contributed by atoms with Crippen molar-refractivity contribution in [1.29, 1.82) is 0 Å². The molecule has 2 N–H and O–H groups in total. The molecule has 0 aromatic heterocycles. The van der Waals surface area contributed by atoms with Crippen molar-refractivity contribution in [3.8, 4) is 5.75 Å². The Bertz CT molecular complexity index is 406. The minimum absolute atomic E-state index is 0.757. The Balaban J connectivity index is 1.55. The van der Waals surface area contributed by atoms with Crippen molar-refractivity contribution in [2.45, 2.75) is 52.0 Å². The fourth-order valence-electron chi connectivity index (χ4n) is 3.25. The third-order valence-corrected chi connectivity index (χ3v) is 5.17. The number of hydrogen-bond donors (Lipinski definition) is 1. The Morgan fingerprint density at radius 1 is 1.14 bits per heavy atom. The molecule has 1 fully saturated rings. The van der Waals surface area contributed by atoms with Crippen LogP contribution in [0.5, 0.6) is 5.75 Å². The first kappa shape index (κ1) is 16.6. The molecule has 0 unspecified atom stereocenters. The minimum Gasteiger partial charge on any atom is -0.494 e. The number of unbranched alkanes of at least 4 members (excludes halogenated alkanes) is 1. The Hall–Kier alpha value is -0.730. The lowest BCUT2D eigenvalue weighted by Gasteiger charge is -2.32. The molecule has 0 aliphatic heterocycles. The Kier molecular flexibility index (Phi) is 6.85. The summed E-state index contributed by atoms with van der Waals surface area (Å²) >= 11 is 5.85. The normalized spacial score (nSPS) is 25.8. The van der Waals surface area contributed by atoms with Crippen molar-refractivity contribution < 1.29 is 10.1 Å². The zero-order valence-electron chi connectivity index (χ0n) is 13.4. The Morgan fingerprint density at radius 2 is 1.90 bits per heavy atom. The second kappa shape index (κ2) is 8.65. The molecular formula is C18H29ClNO+. The second-order valence-electron chi connectivity index (χ2n) is 6.47. The molecule has 1 aromatic rings. The summed E-state index contributed by atoms with van der Waals surface area (Å²) in [6.07, 6.45) is 6.57. The molecule has 0 bridgehead atoms. The number of halogens is 1. The molecule has 0 amide bonds. The molecule has 0 saturated heterocycles. The fraction of sp³-hybridized carbons (Fsp3) is 0.667. The lowest BCUT2D eigenvalue weighted by molar-refractivity contribution is -0.699. The number of nitrogens with two attached hydrogens (primary N) is 1. The van der Waals surface area contributed by atoms with Crippen LogP contribution in [0.1, 0.15) is 46.0 Å². The van der Waals surface area contributed by atoms with E-state index < -0.39 is 0 Å². The van der Waals surface area contributed by atoms with Gasteiger partial charge in [0.15, 0.2) is 0 Å². The molecule has 118 valence electrons. The molecule has 21 heavy (non-hydrogen) atoms. The molecule has 0 heterocycles. The Labute approximate surface area is 134 Å². The van der Waals surface area contributed by atoms with Crippen molar-refractivity contribution in [3.05, 3.63) is 29.3 Å². The van der Waals surface area contributed by atoms with Crippen molar-refractivity contribution in [3.63, 3.8) is 0 Å². The second-order valence-corrected chi connectivity index (χ2v) is 6.90. The zero-order valence-corrected chi connectivity index (χ0v) is 14.1. The third kappa shape index (κ3) is 5.52. The number of quaternary nitrogens is 1. The SMILES string of the molecule is C[C@@H]1[C@H](C)CCC[C@@H]1[NH2+]CCCCOc1ccc(Cl)cc1. The van der Waals surface area contributed by atoms with Gasteiger partial charge in [0, 0.05) is 10.9 Å². The predicted molar refractivity (Wildman–Crippen MR) is 88.9 cm³/mol. The van der Waals surface area contributed by atoms with Gasteiger partial charge in [-0.15, -0.1) is 0 Å². The average Bonchev–Trinajstić information content (AvgIpc) is 2.49. The molecule has 1 aliphatic rings. The highest BCUT2D eigenvalue weighted by Gasteiger charge is 2.29. The molecular weight excluding hydrogens is 282 g/mol. The van der Waals surface area contributed by atoms with Gasteiger partial charge in [-0.05, 0) is 62.3 Å². The first-order valence-corrected chi connectivity index (χ1v) is 8.76. The van der Waals surface area contributed by atoms with E-state index in [0.717, 1.165) is 41.7 Å². The summed E-state index contributed by atoms with van der Waals surface area (Å²) in [5.41, 5.74) is 0. The van der Waals surface area contributed by atoms with E-state index in [4.69, 9.17) is 16.3 Å². The minimum atomic E-state index is 0.757. The van der Waals surface area contributed by atoms with Crippen molar-refractivity contribution in [2.75, 3.05) is 13.2 Å². The van der Waals surface area contributed by atoms with E-state index in [9.17, 15) is 0 Å². The summed E-state index contributed by atoms with van der Waals surface area (Å²) in [6, 6.07) is 8.44. The van der Waals surface area contributed by atoms with Gasteiger partial charge in [-0.2, -0.15) is 0 Å². The van der Waals surface area contributed by atoms with E-state index >= 15 is 0 Å². The molecule has 3 atom stereocenters. The maximum atomic E-state index is 5.85. The zero-order chi connectivity index (χ0) is 15.1. The van der Waals surface area contributed by atoms with E-state index in [2.05, 4.69) is 19.2 Å². The summed E-state index contributed by atoms with van der Waals surface area (Å²) in [4.78, 5) is 0. The molecule has 2 rings (SSSR count). The highest BCUT2D eigenvalue weighted by Crippen LogP contribution is 2.27. The van der Waals surface area contributed by atoms with Crippen molar-refractivity contribution in [1.82, 2.24) is 0 Å². The number of hydrogen-bond acceptors (Lipinski definition) is 1.